The van der Waals surface area contributed by atoms with E-state index in [-0.39, 0.29) is 5.82 Å². The van der Waals surface area contributed by atoms with Crippen LogP contribution in [0.2, 0.25) is 0 Å². The molecule has 1 heteroatoms. The zero-order valence-electron chi connectivity index (χ0n) is 15.5. The van der Waals surface area contributed by atoms with Crippen molar-refractivity contribution in [1.82, 2.24) is 0 Å². The van der Waals surface area contributed by atoms with Crippen molar-refractivity contribution in [1.29, 1.82) is 0 Å². The van der Waals surface area contributed by atoms with Gasteiger partial charge in [-0.1, -0.05) is 48.5 Å². The molecule has 6 rings (SSSR count). The molecule has 0 aliphatic rings. The summed E-state index contributed by atoms with van der Waals surface area (Å²) in [4.78, 5) is 0. The molecule has 28 heavy (non-hydrogen) atoms. The molecule has 0 radical (unpaired) electrons. The van der Waals surface area contributed by atoms with E-state index in [4.69, 9.17) is 0 Å². The third-order valence-electron chi connectivity index (χ3n) is 5.92. The molecule has 0 N–H and O–H groups in total. The highest BCUT2D eigenvalue weighted by atomic mass is 19.1. The van der Waals surface area contributed by atoms with Gasteiger partial charge < -0.3 is 0 Å². The van der Waals surface area contributed by atoms with Crippen molar-refractivity contribution in [2.75, 3.05) is 0 Å². The average molecular weight is 360 g/mol. The van der Waals surface area contributed by atoms with Gasteiger partial charge in [-0.05, 0) is 103 Å². The predicted octanol–water partition coefficient (Wildman–Crippen LogP) is 7.90. The van der Waals surface area contributed by atoms with Crippen molar-refractivity contribution < 1.29 is 4.39 Å². The minimum absolute atomic E-state index is 0.181. The van der Waals surface area contributed by atoms with Crippen molar-refractivity contribution in [3.63, 3.8) is 0 Å². The van der Waals surface area contributed by atoms with Gasteiger partial charge in [0.05, 0.1) is 0 Å². The maximum Gasteiger partial charge on any atom is 0.124 e. The number of halogens is 1. The molecule has 0 saturated carbocycles. The van der Waals surface area contributed by atoms with Gasteiger partial charge in [0.25, 0.3) is 0 Å². The molecule has 0 fully saturated rings. The van der Waals surface area contributed by atoms with Gasteiger partial charge in [0.15, 0.2) is 0 Å². The first-order chi connectivity index (χ1) is 13.7. The first kappa shape index (κ1) is 15.6. The molecule has 0 nitrogen and oxygen atoms in total. The van der Waals surface area contributed by atoms with Crippen LogP contribution in [0.3, 0.4) is 0 Å². The summed E-state index contributed by atoms with van der Waals surface area (Å²) in [7, 11) is 0. The number of aryl methyl sites for hydroxylation is 1. The van der Waals surface area contributed by atoms with E-state index in [2.05, 4.69) is 72.8 Å². The van der Waals surface area contributed by atoms with Crippen LogP contribution in [0, 0.1) is 12.7 Å². The van der Waals surface area contributed by atoms with E-state index in [1.54, 1.807) is 12.1 Å². The molecule has 0 bridgehead atoms. The summed E-state index contributed by atoms with van der Waals surface area (Å²) in [6.07, 6.45) is 0. The van der Waals surface area contributed by atoms with E-state index in [1.807, 2.05) is 6.92 Å². The SMILES string of the molecule is Cc1cc(F)cc2c3cc4ccccc4cc3c3cc4ccccc4cc3c12. The van der Waals surface area contributed by atoms with Crippen molar-refractivity contribution in [3.05, 3.63) is 96.3 Å². The van der Waals surface area contributed by atoms with E-state index in [0.717, 1.165) is 21.7 Å². The highest BCUT2D eigenvalue weighted by Crippen LogP contribution is 2.40. The molecule has 6 aromatic carbocycles. The molecular weight excluding hydrogens is 343 g/mol. The van der Waals surface area contributed by atoms with Crippen LogP contribution in [0.1, 0.15) is 5.56 Å². The van der Waals surface area contributed by atoms with Gasteiger partial charge in [-0.15, -0.1) is 0 Å². The zero-order chi connectivity index (χ0) is 18.8. The third kappa shape index (κ3) is 2.10. The fourth-order valence-electron chi connectivity index (χ4n) is 4.67. The molecule has 6 aromatic rings. The zero-order valence-corrected chi connectivity index (χ0v) is 15.5. The lowest BCUT2D eigenvalue weighted by molar-refractivity contribution is 0.629. The lowest BCUT2D eigenvalue weighted by Gasteiger charge is -2.15. The number of hydrogen-bond donors (Lipinski definition) is 0. The number of benzene rings is 6. The first-order valence-electron chi connectivity index (χ1n) is 9.56. The van der Waals surface area contributed by atoms with Crippen molar-refractivity contribution in [2.24, 2.45) is 0 Å². The molecular formula is C27H17F. The molecule has 132 valence electrons. The molecule has 0 atom stereocenters. The number of fused-ring (bicyclic) bond motifs is 8. The van der Waals surface area contributed by atoms with Gasteiger partial charge in [-0.25, -0.2) is 4.39 Å². The summed E-state index contributed by atoms with van der Waals surface area (Å²) in [5.74, 6) is -0.181. The molecule has 0 saturated heterocycles. The lowest BCUT2D eigenvalue weighted by atomic mass is 9.89. The van der Waals surface area contributed by atoms with Crippen LogP contribution in [-0.4, -0.2) is 0 Å². The Morgan fingerprint density at radius 3 is 1.39 bits per heavy atom. The van der Waals surface area contributed by atoms with E-state index < -0.39 is 0 Å². The monoisotopic (exact) mass is 360 g/mol. The second-order valence-electron chi connectivity index (χ2n) is 7.64. The minimum atomic E-state index is -0.181. The number of hydrogen-bond acceptors (Lipinski definition) is 0. The minimum Gasteiger partial charge on any atom is -0.207 e. The summed E-state index contributed by atoms with van der Waals surface area (Å²) < 4.78 is 14.4. The second kappa shape index (κ2) is 5.53. The summed E-state index contributed by atoms with van der Waals surface area (Å²) in [5, 5.41) is 11.6. The van der Waals surface area contributed by atoms with Crippen LogP contribution in [0.25, 0.3) is 53.9 Å². The van der Waals surface area contributed by atoms with Crippen molar-refractivity contribution >= 4 is 53.9 Å². The maximum atomic E-state index is 14.4. The van der Waals surface area contributed by atoms with Crippen LogP contribution in [0.15, 0.2) is 84.9 Å². The highest BCUT2D eigenvalue weighted by Gasteiger charge is 2.13. The fourth-order valence-corrected chi connectivity index (χ4v) is 4.67. The van der Waals surface area contributed by atoms with Gasteiger partial charge in [0.2, 0.25) is 0 Å². The Hall–Kier alpha value is -3.45. The Kier molecular flexibility index (Phi) is 3.08. The van der Waals surface area contributed by atoms with Gasteiger partial charge in [-0.2, -0.15) is 0 Å². The normalized spacial score (nSPS) is 11.9. The van der Waals surface area contributed by atoms with Crippen LogP contribution >= 0.6 is 0 Å². The lowest BCUT2D eigenvalue weighted by Crippen LogP contribution is -1.89. The molecule has 0 heterocycles. The van der Waals surface area contributed by atoms with Gasteiger partial charge in [0.1, 0.15) is 5.82 Å². The van der Waals surface area contributed by atoms with Crippen LogP contribution < -0.4 is 0 Å². The Morgan fingerprint density at radius 2 is 0.893 bits per heavy atom. The smallest absolute Gasteiger partial charge is 0.124 e. The van der Waals surface area contributed by atoms with Gasteiger partial charge in [-0.3, -0.25) is 0 Å². The standard InChI is InChI=1S/C27H17F/c1-16-10-21(28)15-26-24-13-18-7-3-2-6-17(18)11-22(24)23-12-19-8-4-5-9-20(19)14-25(23)27(16)26/h2-15H,1H3. The third-order valence-corrected chi connectivity index (χ3v) is 5.92. The molecule has 0 aromatic heterocycles. The average Bonchev–Trinajstić information content (AvgIpc) is 2.71. The Balaban J connectivity index is 1.99. The Bertz CT molecular complexity index is 1570. The maximum absolute atomic E-state index is 14.4. The predicted molar refractivity (Wildman–Crippen MR) is 119 cm³/mol. The summed E-state index contributed by atoms with van der Waals surface area (Å²) in [5.41, 5.74) is 0.977. The van der Waals surface area contributed by atoms with Crippen molar-refractivity contribution in [3.8, 4) is 0 Å². The van der Waals surface area contributed by atoms with Gasteiger partial charge >= 0.3 is 0 Å². The van der Waals surface area contributed by atoms with E-state index in [9.17, 15) is 4.39 Å². The highest BCUT2D eigenvalue weighted by molar-refractivity contribution is 6.29. The van der Waals surface area contributed by atoms with Gasteiger partial charge in [0, 0.05) is 0 Å². The Labute approximate surface area is 161 Å². The van der Waals surface area contributed by atoms with Crippen LogP contribution in [-0.2, 0) is 0 Å². The quantitative estimate of drug-likeness (QED) is 0.191. The summed E-state index contributed by atoms with van der Waals surface area (Å²) in [6.45, 7) is 2.01. The fraction of sp³-hybridized carbons (Fsp3) is 0.0370. The van der Waals surface area contributed by atoms with E-state index in [0.29, 0.717) is 0 Å². The topological polar surface area (TPSA) is 0 Å². The summed E-state index contributed by atoms with van der Waals surface area (Å²) in [6, 6.07) is 29.2. The van der Waals surface area contributed by atoms with Crippen LogP contribution in [0.5, 0.6) is 0 Å². The van der Waals surface area contributed by atoms with Crippen molar-refractivity contribution in [2.45, 2.75) is 6.92 Å². The molecule has 0 spiro atoms. The van der Waals surface area contributed by atoms with E-state index in [1.165, 1.54) is 37.7 Å². The molecule has 0 aliphatic carbocycles. The van der Waals surface area contributed by atoms with Crippen LogP contribution in [0.4, 0.5) is 4.39 Å². The molecule has 0 aliphatic heterocycles. The molecule has 0 amide bonds. The Morgan fingerprint density at radius 1 is 0.500 bits per heavy atom. The second-order valence-corrected chi connectivity index (χ2v) is 7.64. The number of rotatable bonds is 0. The summed E-state index contributed by atoms with van der Waals surface area (Å²) >= 11 is 0. The van der Waals surface area contributed by atoms with E-state index >= 15 is 0 Å². The molecule has 0 unspecified atom stereocenters. The first-order valence-corrected chi connectivity index (χ1v) is 9.56. The largest absolute Gasteiger partial charge is 0.207 e.